The Hall–Kier alpha value is -2.32. The fourth-order valence-electron chi connectivity index (χ4n) is 2.35. The molecule has 0 radical (unpaired) electrons. The largest absolute Gasteiger partial charge is 0.472 e. The number of anilines is 1. The number of nitrogens with zero attached hydrogens (tertiary/aromatic N) is 1. The summed E-state index contributed by atoms with van der Waals surface area (Å²) in [6.07, 6.45) is -2.57. The van der Waals surface area contributed by atoms with Gasteiger partial charge in [0.2, 0.25) is 5.88 Å². The van der Waals surface area contributed by atoms with E-state index in [0.29, 0.717) is 19.1 Å². The van der Waals surface area contributed by atoms with Gasteiger partial charge < -0.3 is 14.8 Å². The van der Waals surface area contributed by atoms with Crippen molar-refractivity contribution in [3.05, 3.63) is 52.7 Å². The minimum absolute atomic E-state index is 0.000459. The molecule has 1 aliphatic heterocycles. The van der Waals surface area contributed by atoms with Gasteiger partial charge >= 0.3 is 6.18 Å². The Morgan fingerprint density at radius 1 is 1.31 bits per heavy atom. The first-order chi connectivity index (χ1) is 12.3. The van der Waals surface area contributed by atoms with Gasteiger partial charge in [-0.25, -0.2) is 4.98 Å². The third-order valence-corrected chi connectivity index (χ3v) is 4.05. The van der Waals surface area contributed by atoms with Gasteiger partial charge in [0.15, 0.2) is 0 Å². The molecule has 1 atom stereocenters. The number of halogens is 4. The van der Waals surface area contributed by atoms with Crippen LogP contribution in [0.4, 0.5) is 18.9 Å². The fraction of sp³-hybridized carbons (Fsp3) is 0.294. The summed E-state index contributed by atoms with van der Waals surface area (Å²) in [4.78, 5) is 16.3. The van der Waals surface area contributed by atoms with Crippen LogP contribution in [0.3, 0.4) is 0 Å². The number of carbonyl (C=O) groups is 1. The summed E-state index contributed by atoms with van der Waals surface area (Å²) < 4.78 is 49.1. The van der Waals surface area contributed by atoms with Crippen LogP contribution in [0.15, 0.2) is 36.5 Å². The highest BCUT2D eigenvalue weighted by molar-refractivity contribution is 6.34. The Labute approximate surface area is 152 Å². The number of ether oxygens (including phenoxy) is 2. The molecular formula is C17H14ClF3N2O3. The third-order valence-electron chi connectivity index (χ3n) is 3.72. The summed E-state index contributed by atoms with van der Waals surface area (Å²) in [6.45, 7) is 1.11. The number of rotatable bonds is 4. The van der Waals surface area contributed by atoms with E-state index >= 15 is 0 Å². The lowest BCUT2D eigenvalue weighted by Gasteiger charge is -2.12. The fourth-order valence-corrected chi connectivity index (χ4v) is 2.52. The summed E-state index contributed by atoms with van der Waals surface area (Å²) in [7, 11) is 0. The van der Waals surface area contributed by atoms with Crippen LogP contribution in [0.2, 0.25) is 5.02 Å². The van der Waals surface area contributed by atoms with Gasteiger partial charge in [-0.3, -0.25) is 4.79 Å². The van der Waals surface area contributed by atoms with E-state index in [2.05, 4.69) is 10.3 Å². The number of nitrogens with one attached hydrogen (secondary N) is 1. The van der Waals surface area contributed by atoms with Crippen LogP contribution >= 0.6 is 11.6 Å². The smallest absolute Gasteiger partial charge is 0.416 e. The highest BCUT2D eigenvalue weighted by Crippen LogP contribution is 2.34. The maximum absolute atomic E-state index is 12.8. The van der Waals surface area contributed by atoms with Gasteiger partial charge in [-0.15, -0.1) is 0 Å². The average molecular weight is 387 g/mol. The van der Waals surface area contributed by atoms with E-state index in [1.54, 1.807) is 0 Å². The zero-order valence-corrected chi connectivity index (χ0v) is 14.1. The average Bonchev–Trinajstić information content (AvgIpc) is 3.09. The Morgan fingerprint density at radius 3 is 2.73 bits per heavy atom. The Kier molecular flexibility index (Phi) is 5.33. The van der Waals surface area contributed by atoms with Crippen molar-refractivity contribution in [2.45, 2.75) is 18.7 Å². The number of carbonyl (C=O) groups excluding carboxylic acids is 1. The molecule has 1 amide bonds. The van der Waals surface area contributed by atoms with Crippen LogP contribution in [0.25, 0.3) is 0 Å². The van der Waals surface area contributed by atoms with Crippen molar-refractivity contribution >= 4 is 23.2 Å². The molecule has 1 aromatic heterocycles. The highest BCUT2D eigenvalue weighted by Gasteiger charge is 2.31. The molecule has 5 nitrogen and oxygen atoms in total. The number of amides is 1. The molecule has 3 rings (SSSR count). The van der Waals surface area contributed by atoms with Crippen LogP contribution in [0.1, 0.15) is 22.3 Å². The summed E-state index contributed by atoms with van der Waals surface area (Å²) in [6, 6.07) is 5.69. The lowest BCUT2D eigenvalue weighted by molar-refractivity contribution is -0.137. The van der Waals surface area contributed by atoms with Crippen molar-refractivity contribution in [1.29, 1.82) is 0 Å². The van der Waals surface area contributed by atoms with Crippen LogP contribution in [0, 0.1) is 0 Å². The second-order valence-electron chi connectivity index (χ2n) is 5.64. The lowest BCUT2D eigenvalue weighted by Crippen LogP contribution is -2.17. The molecule has 9 heteroatoms. The molecule has 0 aliphatic carbocycles. The quantitative estimate of drug-likeness (QED) is 0.856. The molecule has 138 valence electrons. The van der Waals surface area contributed by atoms with Gasteiger partial charge in [0.1, 0.15) is 6.10 Å². The van der Waals surface area contributed by atoms with Crippen LogP contribution in [0.5, 0.6) is 5.88 Å². The van der Waals surface area contributed by atoms with E-state index < -0.39 is 17.6 Å². The minimum atomic E-state index is -4.53. The summed E-state index contributed by atoms with van der Waals surface area (Å²) in [5.41, 5.74) is -0.874. The standard InChI is InChI=1S/C17H14ClF3N2O3/c18-13-3-2-11(17(19,20)21)7-14(13)23-16(24)10-1-4-15(22-8-10)26-12-5-6-25-9-12/h1-4,7-8,12H,5-6,9H2,(H,23,24). The number of hydrogen-bond donors (Lipinski definition) is 1. The van der Waals surface area contributed by atoms with E-state index in [0.717, 1.165) is 24.6 Å². The number of alkyl halides is 3. The van der Waals surface area contributed by atoms with Gasteiger partial charge in [-0.2, -0.15) is 13.2 Å². The van der Waals surface area contributed by atoms with Crippen molar-refractivity contribution in [2.75, 3.05) is 18.5 Å². The summed E-state index contributed by atoms with van der Waals surface area (Å²) in [5, 5.41) is 2.36. The van der Waals surface area contributed by atoms with Crippen molar-refractivity contribution in [3.8, 4) is 5.88 Å². The first-order valence-electron chi connectivity index (χ1n) is 7.71. The topological polar surface area (TPSA) is 60.5 Å². The summed E-state index contributed by atoms with van der Waals surface area (Å²) >= 11 is 5.87. The highest BCUT2D eigenvalue weighted by atomic mass is 35.5. The van der Waals surface area contributed by atoms with Gasteiger partial charge in [0, 0.05) is 18.7 Å². The number of benzene rings is 1. The van der Waals surface area contributed by atoms with E-state index in [-0.39, 0.29) is 22.4 Å². The first-order valence-corrected chi connectivity index (χ1v) is 8.09. The molecule has 0 saturated carbocycles. The molecule has 1 fully saturated rings. The number of aromatic nitrogens is 1. The van der Waals surface area contributed by atoms with Crippen molar-refractivity contribution < 1.29 is 27.4 Å². The number of pyridine rings is 1. The number of hydrogen-bond acceptors (Lipinski definition) is 4. The monoisotopic (exact) mass is 386 g/mol. The summed E-state index contributed by atoms with van der Waals surface area (Å²) in [5.74, 6) is -0.288. The molecule has 26 heavy (non-hydrogen) atoms. The SMILES string of the molecule is O=C(Nc1cc(C(F)(F)F)ccc1Cl)c1ccc(OC2CCOC2)nc1. The van der Waals surface area contributed by atoms with E-state index in [1.165, 1.54) is 18.3 Å². The lowest BCUT2D eigenvalue weighted by atomic mass is 10.2. The van der Waals surface area contributed by atoms with Crippen molar-refractivity contribution in [1.82, 2.24) is 4.98 Å². The molecule has 1 aliphatic rings. The zero-order valence-electron chi connectivity index (χ0n) is 13.3. The molecule has 1 aromatic carbocycles. The second kappa shape index (κ2) is 7.51. The first kappa shape index (κ1) is 18.5. The maximum atomic E-state index is 12.8. The Morgan fingerprint density at radius 2 is 2.12 bits per heavy atom. The van der Waals surface area contributed by atoms with E-state index in [4.69, 9.17) is 21.1 Å². The second-order valence-corrected chi connectivity index (χ2v) is 6.04. The predicted molar refractivity (Wildman–Crippen MR) is 88.5 cm³/mol. The molecule has 1 unspecified atom stereocenters. The molecule has 1 N–H and O–H groups in total. The van der Waals surface area contributed by atoms with Crippen LogP contribution < -0.4 is 10.1 Å². The zero-order chi connectivity index (χ0) is 18.7. The molecule has 1 saturated heterocycles. The maximum Gasteiger partial charge on any atom is 0.416 e. The molecule has 0 spiro atoms. The van der Waals surface area contributed by atoms with Crippen molar-refractivity contribution in [2.24, 2.45) is 0 Å². The Balaban J connectivity index is 1.69. The van der Waals surface area contributed by atoms with Gasteiger partial charge in [0.25, 0.3) is 5.91 Å². The van der Waals surface area contributed by atoms with E-state index in [1.807, 2.05) is 0 Å². The molecular weight excluding hydrogens is 373 g/mol. The molecule has 2 aromatic rings. The van der Waals surface area contributed by atoms with E-state index in [9.17, 15) is 18.0 Å². The third kappa shape index (κ3) is 4.44. The van der Waals surface area contributed by atoms with Gasteiger partial charge in [-0.05, 0) is 24.3 Å². The molecule has 0 bridgehead atoms. The predicted octanol–water partition coefficient (Wildman–Crippen LogP) is 4.17. The molecule has 2 heterocycles. The van der Waals surface area contributed by atoms with Gasteiger partial charge in [-0.1, -0.05) is 11.6 Å². The van der Waals surface area contributed by atoms with Gasteiger partial charge in [0.05, 0.1) is 35.1 Å². The normalized spacial score (nSPS) is 17.2. The van der Waals surface area contributed by atoms with Crippen molar-refractivity contribution in [3.63, 3.8) is 0 Å². The Bertz CT molecular complexity index is 791. The minimum Gasteiger partial charge on any atom is -0.472 e. The van der Waals surface area contributed by atoms with Crippen LogP contribution in [-0.2, 0) is 10.9 Å². The van der Waals surface area contributed by atoms with Crippen LogP contribution in [-0.4, -0.2) is 30.2 Å².